The second-order valence-corrected chi connectivity index (χ2v) is 5.87. The molecule has 1 saturated carbocycles. The van der Waals surface area contributed by atoms with E-state index in [0.717, 1.165) is 18.5 Å². The zero-order valence-corrected chi connectivity index (χ0v) is 13.2. The molecule has 0 saturated heterocycles. The van der Waals surface area contributed by atoms with Crippen LogP contribution in [0.3, 0.4) is 0 Å². The maximum Gasteiger partial charge on any atom is 0.184 e. The predicted octanol–water partition coefficient (Wildman–Crippen LogP) is 2.52. The minimum Gasteiger partial charge on any atom is -0.493 e. The first-order chi connectivity index (χ1) is 10.1. The molecule has 1 aliphatic rings. The summed E-state index contributed by atoms with van der Waals surface area (Å²) in [6.07, 6.45) is 6.15. The van der Waals surface area contributed by atoms with Crippen molar-refractivity contribution in [3.63, 3.8) is 0 Å². The molecule has 21 heavy (non-hydrogen) atoms. The molecule has 1 aromatic heterocycles. The van der Waals surface area contributed by atoms with E-state index in [1.165, 1.54) is 12.8 Å². The average Bonchev–Trinajstić information content (AvgIpc) is 2.52. The summed E-state index contributed by atoms with van der Waals surface area (Å²) in [4.78, 5) is 4.36. The lowest BCUT2D eigenvalue weighted by molar-refractivity contribution is -0.0855. The van der Waals surface area contributed by atoms with E-state index in [2.05, 4.69) is 11.9 Å². The second kappa shape index (κ2) is 7.09. The van der Waals surface area contributed by atoms with E-state index in [1.54, 1.807) is 26.5 Å². The molecule has 0 radical (unpaired) electrons. The van der Waals surface area contributed by atoms with Gasteiger partial charge in [0.1, 0.15) is 5.69 Å². The van der Waals surface area contributed by atoms with Crippen LogP contribution in [0.2, 0.25) is 0 Å². The second-order valence-electron chi connectivity index (χ2n) is 5.87. The van der Waals surface area contributed by atoms with Crippen LogP contribution in [0.25, 0.3) is 0 Å². The van der Waals surface area contributed by atoms with Gasteiger partial charge in [-0.1, -0.05) is 19.8 Å². The van der Waals surface area contributed by atoms with Crippen LogP contribution < -0.4 is 15.2 Å². The van der Waals surface area contributed by atoms with Gasteiger partial charge in [0.05, 0.1) is 26.4 Å². The molecule has 1 heterocycles. The van der Waals surface area contributed by atoms with Gasteiger partial charge in [0, 0.05) is 18.8 Å². The van der Waals surface area contributed by atoms with Crippen LogP contribution in [0.5, 0.6) is 11.5 Å². The van der Waals surface area contributed by atoms with Gasteiger partial charge in [-0.2, -0.15) is 0 Å². The Hall–Kier alpha value is -1.33. The smallest absolute Gasteiger partial charge is 0.184 e. The van der Waals surface area contributed by atoms with Gasteiger partial charge < -0.3 is 19.9 Å². The summed E-state index contributed by atoms with van der Waals surface area (Å²) in [7, 11) is 3.23. The highest BCUT2D eigenvalue weighted by Gasteiger charge is 2.35. The Bertz CT molecular complexity index is 467. The number of hydrogen-bond acceptors (Lipinski definition) is 5. The van der Waals surface area contributed by atoms with E-state index in [1.807, 2.05) is 0 Å². The molecule has 5 nitrogen and oxygen atoms in total. The molecule has 0 amide bonds. The lowest BCUT2D eigenvalue weighted by Gasteiger charge is -2.39. The summed E-state index contributed by atoms with van der Waals surface area (Å²) in [5.74, 6) is 1.96. The third-order valence-electron chi connectivity index (χ3n) is 4.30. The molecule has 0 aliphatic heterocycles. The number of nitrogens with two attached hydrogens (primary N) is 1. The summed E-state index contributed by atoms with van der Waals surface area (Å²) in [5, 5.41) is 0. The molecule has 5 heteroatoms. The van der Waals surface area contributed by atoms with E-state index in [9.17, 15) is 0 Å². The fourth-order valence-corrected chi connectivity index (χ4v) is 3.16. The van der Waals surface area contributed by atoms with Crippen LogP contribution in [-0.4, -0.2) is 31.3 Å². The molecule has 2 rings (SSSR count). The monoisotopic (exact) mass is 294 g/mol. The first-order valence-corrected chi connectivity index (χ1v) is 7.54. The molecule has 0 aromatic carbocycles. The first kappa shape index (κ1) is 16.0. The molecule has 1 fully saturated rings. The lowest BCUT2D eigenvalue weighted by atomic mass is 9.79. The van der Waals surface area contributed by atoms with E-state index in [0.29, 0.717) is 30.6 Å². The summed E-state index contributed by atoms with van der Waals surface area (Å²) < 4.78 is 16.9. The number of pyridine rings is 1. The standard InChI is InChI=1S/C16H26N2O3/c1-12-5-4-7-16(9-12,11-17)21-10-13-15(20-3)14(19-2)6-8-18-13/h6,8,12H,4-5,7,9-11,17H2,1-3H3. The molecule has 2 N–H and O–H groups in total. The van der Waals surface area contributed by atoms with Gasteiger partial charge in [0.15, 0.2) is 11.5 Å². The van der Waals surface area contributed by atoms with E-state index in [-0.39, 0.29) is 5.60 Å². The molecule has 0 bridgehead atoms. The van der Waals surface area contributed by atoms with Crippen LogP contribution in [0, 0.1) is 5.92 Å². The van der Waals surface area contributed by atoms with Crippen LogP contribution in [-0.2, 0) is 11.3 Å². The normalized spacial score (nSPS) is 25.6. The van der Waals surface area contributed by atoms with Gasteiger partial charge in [-0.3, -0.25) is 4.98 Å². The van der Waals surface area contributed by atoms with Gasteiger partial charge in [0.25, 0.3) is 0 Å². The molecule has 1 aliphatic carbocycles. The Labute approximate surface area is 126 Å². The summed E-state index contributed by atoms with van der Waals surface area (Å²) in [6.45, 7) is 3.20. The number of ether oxygens (including phenoxy) is 3. The molecular formula is C16H26N2O3. The van der Waals surface area contributed by atoms with Gasteiger partial charge in [-0.05, 0) is 18.8 Å². The highest BCUT2D eigenvalue weighted by Crippen LogP contribution is 2.36. The number of hydrogen-bond donors (Lipinski definition) is 1. The first-order valence-electron chi connectivity index (χ1n) is 7.54. The van der Waals surface area contributed by atoms with Crippen molar-refractivity contribution in [2.75, 3.05) is 20.8 Å². The number of nitrogens with zero attached hydrogens (tertiary/aromatic N) is 1. The van der Waals surface area contributed by atoms with E-state index < -0.39 is 0 Å². The maximum absolute atomic E-state index is 6.20. The minimum absolute atomic E-state index is 0.229. The van der Waals surface area contributed by atoms with Gasteiger partial charge in [-0.15, -0.1) is 0 Å². The van der Waals surface area contributed by atoms with Crippen molar-refractivity contribution < 1.29 is 14.2 Å². The Balaban J connectivity index is 2.11. The Kier molecular flexibility index (Phi) is 5.42. The summed E-state index contributed by atoms with van der Waals surface area (Å²) in [5.41, 5.74) is 6.51. The molecule has 2 unspecified atom stereocenters. The number of aromatic nitrogens is 1. The van der Waals surface area contributed by atoms with Crippen molar-refractivity contribution in [3.05, 3.63) is 18.0 Å². The third-order valence-corrected chi connectivity index (χ3v) is 4.30. The molecule has 0 spiro atoms. The van der Waals surface area contributed by atoms with Crippen LogP contribution in [0.4, 0.5) is 0 Å². The zero-order valence-electron chi connectivity index (χ0n) is 13.2. The van der Waals surface area contributed by atoms with Crippen molar-refractivity contribution in [3.8, 4) is 11.5 Å². The minimum atomic E-state index is -0.229. The molecule has 1 aromatic rings. The van der Waals surface area contributed by atoms with Gasteiger partial charge >= 0.3 is 0 Å². The fourth-order valence-electron chi connectivity index (χ4n) is 3.16. The Morgan fingerprint density at radius 3 is 2.81 bits per heavy atom. The van der Waals surface area contributed by atoms with Crippen molar-refractivity contribution >= 4 is 0 Å². The Morgan fingerprint density at radius 1 is 1.38 bits per heavy atom. The van der Waals surface area contributed by atoms with Crippen LogP contribution in [0.15, 0.2) is 12.3 Å². The molecule has 118 valence electrons. The van der Waals surface area contributed by atoms with Crippen molar-refractivity contribution in [2.24, 2.45) is 11.7 Å². The fraction of sp³-hybridized carbons (Fsp3) is 0.688. The molecular weight excluding hydrogens is 268 g/mol. The topological polar surface area (TPSA) is 66.6 Å². The predicted molar refractivity (Wildman–Crippen MR) is 81.5 cm³/mol. The largest absolute Gasteiger partial charge is 0.493 e. The zero-order chi connectivity index (χ0) is 15.3. The maximum atomic E-state index is 6.20. The SMILES string of the molecule is COc1ccnc(COC2(CN)CCCC(C)C2)c1OC. The Morgan fingerprint density at radius 2 is 2.19 bits per heavy atom. The summed E-state index contributed by atoms with van der Waals surface area (Å²) >= 11 is 0. The van der Waals surface area contributed by atoms with Crippen LogP contribution >= 0.6 is 0 Å². The summed E-state index contributed by atoms with van der Waals surface area (Å²) in [6, 6.07) is 1.78. The van der Waals surface area contributed by atoms with Crippen LogP contribution in [0.1, 0.15) is 38.3 Å². The highest BCUT2D eigenvalue weighted by molar-refractivity contribution is 5.42. The number of methoxy groups -OCH3 is 2. The van der Waals surface area contributed by atoms with Crippen molar-refractivity contribution in [1.29, 1.82) is 0 Å². The molecule has 2 atom stereocenters. The van der Waals surface area contributed by atoms with Gasteiger partial charge in [0.2, 0.25) is 0 Å². The quantitative estimate of drug-likeness (QED) is 0.873. The van der Waals surface area contributed by atoms with Crippen molar-refractivity contribution in [1.82, 2.24) is 4.98 Å². The lowest BCUT2D eigenvalue weighted by Crippen LogP contribution is -2.44. The average molecular weight is 294 g/mol. The third kappa shape index (κ3) is 3.66. The highest BCUT2D eigenvalue weighted by atomic mass is 16.5. The van der Waals surface area contributed by atoms with E-state index >= 15 is 0 Å². The number of rotatable bonds is 6. The van der Waals surface area contributed by atoms with Gasteiger partial charge in [-0.25, -0.2) is 0 Å². The van der Waals surface area contributed by atoms with Crippen molar-refractivity contribution in [2.45, 2.75) is 44.8 Å². The van der Waals surface area contributed by atoms with E-state index in [4.69, 9.17) is 19.9 Å².